The fourth-order valence-electron chi connectivity index (χ4n) is 1.34. The minimum Gasteiger partial charge on any atom is -0.299 e. The van der Waals surface area contributed by atoms with Gasteiger partial charge in [0.05, 0.1) is 0 Å². The van der Waals surface area contributed by atoms with Crippen molar-refractivity contribution in [2.75, 3.05) is 0 Å². The topological polar surface area (TPSA) is 17.1 Å². The lowest BCUT2D eigenvalue weighted by atomic mass is 10.0. The summed E-state index contributed by atoms with van der Waals surface area (Å²) < 4.78 is 26.4. The Labute approximate surface area is 93.8 Å². The predicted octanol–water partition coefficient (Wildman–Crippen LogP) is 3.43. The monoisotopic (exact) mass is 224 g/mol. The average molecular weight is 224 g/mol. The molecule has 0 atom stereocenters. The molecule has 1 nitrogen and oxygen atoms in total. The highest BCUT2D eigenvalue weighted by molar-refractivity contribution is 5.81. The third-order valence-corrected chi connectivity index (χ3v) is 2.27. The standard InChI is InChI=1S/C13H14F2O/c1-9(2)6-7-10(16)8-11-12(14)4-3-5-13(11)15/h3-5H,1,6-8H2,2H3. The first kappa shape index (κ1) is 12.6. The SMILES string of the molecule is C=C(C)CCC(=O)Cc1c(F)cccc1F. The van der Waals surface area contributed by atoms with E-state index in [1.54, 1.807) is 0 Å². The van der Waals surface area contributed by atoms with E-state index in [1.807, 2.05) is 6.92 Å². The van der Waals surface area contributed by atoms with Gasteiger partial charge in [-0.1, -0.05) is 11.6 Å². The van der Waals surface area contributed by atoms with Gasteiger partial charge < -0.3 is 0 Å². The van der Waals surface area contributed by atoms with Crippen molar-refractivity contribution in [3.05, 3.63) is 47.5 Å². The maximum atomic E-state index is 13.2. The summed E-state index contributed by atoms with van der Waals surface area (Å²) in [5.41, 5.74) is 0.747. The summed E-state index contributed by atoms with van der Waals surface area (Å²) in [6.45, 7) is 5.49. The van der Waals surface area contributed by atoms with Gasteiger partial charge in [0.1, 0.15) is 17.4 Å². The summed E-state index contributed by atoms with van der Waals surface area (Å²) in [7, 11) is 0. The molecular formula is C13H14F2O. The van der Waals surface area contributed by atoms with Crippen LogP contribution in [0, 0.1) is 11.6 Å². The number of hydrogen-bond acceptors (Lipinski definition) is 1. The van der Waals surface area contributed by atoms with Gasteiger partial charge in [0.15, 0.2) is 0 Å². The molecule has 3 heteroatoms. The average Bonchev–Trinajstić information content (AvgIpc) is 2.21. The molecule has 0 saturated carbocycles. The molecule has 0 aliphatic rings. The second kappa shape index (κ2) is 5.54. The molecule has 16 heavy (non-hydrogen) atoms. The molecule has 0 bridgehead atoms. The molecule has 0 aliphatic heterocycles. The number of benzene rings is 1. The van der Waals surface area contributed by atoms with Crippen molar-refractivity contribution in [2.45, 2.75) is 26.2 Å². The third-order valence-electron chi connectivity index (χ3n) is 2.27. The summed E-state index contributed by atoms with van der Waals surface area (Å²) in [6.07, 6.45) is 0.657. The summed E-state index contributed by atoms with van der Waals surface area (Å²) in [4.78, 5) is 11.4. The Hall–Kier alpha value is -1.51. The zero-order chi connectivity index (χ0) is 12.1. The Kier molecular flexibility index (Phi) is 4.35. The lowest BCUT2D eigenvalue weighted by molar-refractivity contribution is -0.118. The fourth-order valence-corrected chi connectivity index (χ4v) is 1.34. The summed E-state index contributed by atoms with van der Waals surface area (Å²) >= 11 is 0. The summed E-state index contributed by atoms with van der Waals surface area (Å²) in [6, 6.07) is 3.60. The van der Waals surface area contributed by atoms with Crippen molar-refractivity contribution >= 4 is 5.78 Å². The Morgan fingerprint density at radius 3 is 2.31 bits per heavy atom. The molecule has 0 radical (unpaired) electrons. The van der Waals surface area contributed by atoms with E-state index in [9.17, 15) is 13.6 Å². The first-order chi connectivity index (χ1) is 7.50. The summed E-state index contributed by atoms with van der Waals surface area (Å²) in [5.74, 6) is -1.50. The first-order valence-corrected chi connectivity index (χ1v) is 5.09. The second-order valence-electron chi connectivity index (χ2n) is 3.87. The number of hydrogen-bond donors (Lipinski definition) is 0. The van der Waals surface area contributed by atoms with Gasteiger partial charge in [-0.05, 0) is 25.5 Å². The van der Waals surface area contributed by atoms with Crippen LogP contribution in [-0.4, -0.2) is 5.78 Å². The van der Waals surface area contributed by atoms with Crippen LogP contribution in [0.5, 0.6) is 0 Å². The van der Waals surface area contributed by atoms with Crippen molar-refractivity contribution in [1.82, 2.24) is 0 Å². The highest BCUT2D eigenvalue weighted by Gasteiger charge is 2.12. The fraction of sp³-hybridized carbons (Fsp3) is 0.308. The van der Waals surface area contributed by atoms with Crippen LogP contribution in [0.25, 0.3) is 0 Å². The zero-order valence-corrected chi connectivity index (χ0v) is 9.22. The number of Topliss-reactive ketones (excluding diaryl/α,β-unsaturated/α-hetero) is 1. The Bertz CT molecular complexity index is 390. The van der Waals surface area contributed by atoms with Gasteiger partial charge in [0.2, 0.25) is 0 Å². The molecule has 0 fully saturated rings. The Morgan fingerprint density at radius 2 is 1.81 bits per heavy atom. The van der Waals surface area contributed by atoms with E-state index in [0.29, 0.717) is 6.42 Å². The van der Waals surface area contributed by atoms with Crippen LogP contribution >= 0.6 is 0 Å². The minimum atomic E-state index is -0.663. The molecule has 0 aromatic heterocycles. The van der Waals surface area contributed by atoms with E-state index in [0.717, 1.165) is 17.7 Å². The largest absolute Gasteiger partial charge is 0.299 e. The van der Waals surface area contributed by atoms with Gasteiger partial charge in [-0.15, -0.1) is 6.58 Å². The smallest absolute Gasteiger partial charge is 0.137 e. The number of rotatable bonds is 5. The van der Waals surface area contributed by atoms with Crippen LogP contribution in [0.15, 0.2) is 30.4 Å². The first-order valence-electron chi connectivity index (χ1n) is 5.09. The molecule has 0 heterocycles. The number of allylic oxidation sites excluding steroid dienone is 1. The van der Waals surface area contributed by atoms with Gasteiger partial charge in [-0.25, -0.2) is 8.78 Å². The lowest BCUT2D eigenvalue weighted by Gasteiger charge is -2.04. The molecule has 0 unspecified atom stereocenters. The van der Waals surface area contributed by atoms with Crippen molar-refractivity contribution < 1.29 is 13.6 Å². The van der Waals surface area contributed by atoms with Crippen LogP contribution in [-0.2, 0) is 11.2 Å². The normalized spacial score (nSPS) is 10.2. The summed E-state index contributed by atoms with van der Waals surface area (Å²) in [5, 5.41) is 0. The molecule has 1 aromatic rings. The van der Waals surface area contributed by atoms with E-state index in [1.165, 1.54) is 6.07 Å². The molecule has 0 saturated heterocycles. The van der Waals surface area contributed by atoms with Crippen LogP contribution in [0.2, 0.25) is 0 Å². The Morgan fingerprint density at radius 1 is 1.25 bits per heavy atom. The van der Waals surface area contributed by atoms with Crippen LogP contribution in [0.4, 0.5) is 8.78 Å². The molecule has 0 N–H and O–H groups in total. The van der Waals surface area contributed by atoms with Crippen molar-refractivity contribution in [1.29, 1.82) is 0 Å². The minimum absolute atomic E-state index is 0.144. The van der Waals surface area contributed by atoms with Crippen LogP contribution < -0.4 is 0 Å². The maximum absolute atomic E-state index is 13.2. The highest BCUT2D eigenvalue weighted by Crippen LogP contribution is 2.14. The van der Waals surface area contributed by atoms with Crippen molar-refractivity contribution in [2.24, 2.45) is 0 Å². The van der Waals surface area contributed by atoms with E-state index in [4.69, 9.17) is 0 Å². The van der Waals surface area contributed by atoms with Gasteiger partial charge >= 0.3 is 0 Å². The number of carbonyl (C=O) groups is 1. The maximum Gasteiger partial charge on any atom is 0.137 e. The number of halogens is 2. The molecular weight excluding hydrogens is 210 g/mol. The second-order valence-corrected chi connectivity index (χ2v) is 3.87. The third kappa shape index (κ3) is 3.57. The van der Waals surface area contributed by atoms with Crippen molar-refractivity contribution in [3.8, 4) is 0 Å². The number of ketones is 1. The Balaban J connectivity index is 2.66. The quantitative estimate of drug-likeness (QED) is 0.700. The van der Waals surface area contributed by atoms with Gasteiger partial charge in [-0.3, -0.25) is 4.79 Å². The van der Waals surface area contributed by atoms with Crippen molar-refractivity contribution in [3.63, 3.8) is 0 Å². The molecule has 0 aliphatic carbocycles. The van der Waals surface area contributed by atoms with Crippen LogP contribution in [0.1, 0.15) is 25.3 Å². The molecule has 1 rings (SSSR count). The van der Waals surface area contributed by atoms with E-state index < -0.39 is 11.6 Å². The molecule has 1 aromatic carbocycles. The number of carbonyl (C=O) groups excluding carboxylic acids is 1. The molecule has 0 amide bonds. The lowest BCUT2D eigenvalue weighted by Crippen LogP contribution is -2.06. The van der Waals surface area contributed by atoms with Gasteiger partial charge in [0.25, 0.3) is 0 Å². The van der Waals surface area contributed by atoms with Crippen LogP contribution in [0.3, 0.4) is 0 Å². The highest BCUT2D eigenvalue weighted by atomic mass is 19.1. The van der Waals surface area contributed by atoms with Gasteiger partial charge in [0, 0.05) is 18.4 Å². The van der Waals surface area contributed by atoms with E-state index in [2.05, 4.69) is 6.58 Å². The molecule has 0 spiro atoms. The van der Waals surface area contributed by atoms with Gasteiger partial charge in [-0.2, -0.15) is 0 Å². The predicted molar refractivity (Wildman–Crippen MR) is 59.1 cm³/mol. The van der Waals surface area contributed by atoms with E-state index in [-0.39, 0.29) is 24.2 Å². The zero-order valence-electron chi connectivity index (χ0n) is 9.22. The van der Waals surface area contributed by atoms with E-state index >= 15 is 0 Å². The molecule has 86 valence electrons.